The predicted molar refractivity (Wildman–Crippen MR) is 115 cm³/mol. The van der Waals surface area contributed by atoms with Gasteiger partial charge in [-0.05, 0) is 49.8 Å². The van der Waals surface area contributed by atoms with Crippen molar-refractivity contribution in [2.75, 3.05) is 55.1 Å². The summed E-state index contributed by atoms with van der Waals surface area (Å²) in [7, 11) is 8.96. The van der Waals surface area contributed by atoms with Crippen LogP contribution in [0, 0.1) is 0 Å². The lowest BCUT2D eigenvalue weighted by molar-refractivity contribution is 0.250. The third kappa shape index (κ3) is 4.71. The van der Waals surface area contributed by atoms with Crippen LogP contribution in [-0.2, 0) is 6.42 Å². The number of fused-ring (bicyclic) bond motifs is 1. The fraction of sp³-hybridized carbons (Fsp3) is 0.455. The van der Waals surface area contributed by atoms with Crippen LogP contribution < -0.4 is 24.3 Å². The van der Waals surface area contributed by atoms with Crippen molar-refractivity contribution in [2.24, 2.45) is 0 Å². The number of hydrogen-bond acceptors (Lipinski definition) is 6. The maximum Gasteiger partial charge on any atom is 0.161 e. The number of hydrogen-bond donors (Lipinski definition) is 1. The topological polar surface area (TPSA) is 52.2 Å². The zero-order chi connectivity index (χ0) is 21.0. The van der Waals surface area contributed by atoms with E-state index in [1.165, 1.54) is 5.56 Å². The molecule has 6 nitrogen and oxygen atoms in total. The first-order chi connectivity index (χ1) is 14.0. The molecule has 1 heterocycles. The molecule has 29 heavy (non-hydrogen) atoms. The first-order valence-electron chi connectivity index (χ1n) is 9.61. The summed E-state index contributed by atoms with van der Waals surface area (Å²) >= 11 is 6.42. The maximum absolute atomic E-state index is 6.42. The Morgan fingerprint density at radius 2 is 1.66 bits per heavy atom. The van der Waals surface area contributed by atoms with E-state index in [9.17, 15) is 0 Å². The molecule has 3 rings (SSSR count). The fourth-order valence-corrected chi connectivity index (χ4v) is 3.81. The molecule has 1 aliphatic heterocycles. The molecule has 158 valence electrons. The zero-order valence-electron chi connectivity index (χ0n) is 17.7. The first kappa shape index (κ1) is 21.6. The van der Waals surface area contributed by atoms with Gasteiger partial charge in [-0.1, -0.05) is 11.6 Å². The second kappa shape index (κ2) is 9.57. The summed E-state index contributed by atoms with van der Waals surface area (Å²) < 4.78 is 22.6. The van der Waals surface area contributed by atoms with Gasteiger partial charge in [0.2, 0.25) is 0 Å². The standard InChI is InChI=1S/C22H29ClN2O4/c1-25(2)8-9-29-21-12-15-14(10-20(21)28-5)6-7-24-22(15)16-11-17(23)19(27-4)13-18(16)26-3/h10-13,22,24H,6-9H2,1-5H3. The van der Waals surface area contributed by atoms with Crippen molar-refractivity contribution in [3.8, 4) is 23.0 Å². The number of benzene rings is 2. The minimum Gasteiger partial charge on any atom is -0.496 e. The summed E-state index contributed by atoms with van der Waals surface area (Å²) in [6.07, 6.45) is 0.909. The molecule has 0 aliphatic carbocycles. The summed E-state index contributed by atoms with van der Waals surface area (Å²) in [5.74, 6) is 2.80. The summed E-state index contributed by atoms with van der Waals surface area (Å²) in [6.45, 7) is 2.25. The van der Waals surface area contributed by atoms with Crippen LogP contribution in [0.3, 0.4) is 0 Å². The van der Waals surface area contributed by atoms with Gasteiger partial charge in [0.05, 0.1) is 32.4 Å². The molecule has 1 aliphatic rings. The Bertz CT molecular complexity index is 857. The van der Waals surface area contributed by atoms with Gasteiger partial charge in [0.15, 0.2) is 11.5 Å². The Hall–Kier alpha value is -2.15. The zero-order valence-corrected chi connectivity index (χ0v) is 18.4. The van der Waals surface area contributed by atoms with Crippen molar-refractivity contribution in [3.05, 3.63) is 46.0 Å². The highest BCUT2D eigenvalue weighted by Gasteiger charge is 2.27. The van der Waals surface area contributed by atoms with Gasteiger partial charge in [0, 0.05) is 24.7 Å². The molecular weight excluding hydrogens is 392 g/mol. The number of halogens is 1. The predicted octanol–water partition coefficient (Wildman–Crippen LogP) is 3.54. The van der Waals surface area contributed by atoms with Crippen LogP contribution in [0.1, 0.15) is 22.7 Å². The molecule has 0 aromatic heterocycles. The maximum atomic E-state index is 6.42. The number of likely N-dealkylation sites (N-methyl/N-ethyl adjacent to an activating group) is 1. The Labute approximate surface area is 177 Å². The largest absolute Gasteiger partial charge is 0.496 e. The van der Waals surface area contributed by atoms with Gasteiger partial charge in [0.1, 0.15) is 18.1 Å². The van der Waals surface area contributed by atoms with E-state index in [2.05, 4.69) is 22.3 Å². The molecule has 0 amide bonds. The highest BCUT2D eigenvalue weighted by Crippen LogP contribution is 2.42. The minimum absolute atomic E-state index is 0.0702. The van der Waals surface area contributed by atoms with Gasteiger partial charge in [-0.25, -0.2) is 0 Å². The highest BCUT2D eigenvalue weighted by molar-refractivity contribution is 6.32. The van der Waals surface area contributed by atoms with Crippen LogP contribution in [-0.4, -0.2) is 60.0 Å². The molecule has 0 bridgehead atoms. The molecule has 0 saturated heterocycles. The summed E-state index contributed by atoms with van der Waals surface area (Å²) in [5, 5.41) is 4.14. The Kier molecular flexibility index (Phi) is 7.11. The third-order valence-electron chi connectivity index (χ3n) is 5.09. The lowest BCUT2D eigenvalue weighted by Gasteiger charge is -2.30. The van der Waals surface area contributed by atoms with Gasteiger partial charge in [-0.3, -0.25) is 0 Å². The second-order valence-corrected chi connectivity index (χ2v) is 7.63. The van der Waals surface area contributed by atoms with Gasteiger partial charge >= 0.3 is 0 Å². The van der Waals surface area contributed by atoms with Crippen LogP contribution in [0.2, 0.25) is 5.02 Å². The number of methoxy groups -OCH3 is 3. The van der Waals surface area contributed by atoms with Crippen molar-refractivity contribution in [1.29, 1.82) is 0 Å². The van der Waals surface area contributed by atoms with Crippen molar-refractivity contribution >= 4 is 11.6 Å². The molecule has 0 radical (unpaired) electrons. The lowest BCUT2D eigenvalue weighted by atomic mass is 9.89. The molecular formula is C22H29ClN2O4. The van der Waals surface area contributed by atoms with Gasteiger partial charge in [0.25, 0.3) is 0 Å². The Morgan fingerprint density at radius 3 is 2.31 bits per heavy atom. The number of ether oxygens (including phenoxy) is 4. The quantitative estimate of drug-likeness (QED) is 0.705. The van der Waals surface area contributed by atoms with Gasteiger partial charge in [-0.15, -0.1) is 0 Å². The second-order valence-electron chi connectivity index (χ2n) is 7.22. The number of nitrogens with one attached hydrogen (secondary N) is 1. The number of rotatable bonds is 8. The van der Waals surface area contributed by atoms with Crippen LogP contribution in [0.15, 0.2) is 24.3 Å². The summed E-state index contributed by atoms with van der Waals surface area (Å²) in [5.41, 5.74) is 3.32. The normalized spacial score (nSPS) is 15.8. The van der Waals surface area contributed by atoms with Crippen LogP contribution >= 0.6 is 11.6 Å². The summed E-state index contributed by atoms with van der Waals surface area (Å²) in [6, 6.07) is 7.80. The van der Waals surface area contributed by atoms with E-state index in [1.807, 2.05) is 26.2 Å². The fourth-order valence-electron chi connectivity index (χ4n) is 3.56. The average Bonchev–Trinajstić information content (AvgIpc) is 2.72. The first-order valence-corrected chi connectivity index (χ1v) is 9.99. The molecule has 1 N–H and O–H groups in total. The van der Waals surface area contributed by atoms with Crippen LogP contribution in [0.25, 0.3) is 0 Å². The van der Waals surface area contributed by atoms with Crippen molar-refractivity contribution in [1.82, 2.24) is 10.2 Å². The van der Waals surface area contributed by atoms with E-state index >= 15 is 0 Å². The molecule has 7 heteroatoms. The van der Waals surface area contributed by atoms with E-state index in [1.54, 1.807) is 21.3 Å². The third-order valence-corrected chi connectivity index (χ3v) is 5.39. The van der Waals surface area contributed by atoms with Crippen LogP contribution in [0.4, 0.5) is 0 Å². The van der Waals surface area contributed by atoms with Crippen molar-refractivity contribution < 1.29 is 18.9 Å². The number of nitrogens with zero attached hydrogens (tertiary/aromatic N) is 1. The molecule has 2 aromatic rings. The SMILES string of the molecule is COc1cc(OC)c(C2NCCc3cc(OC)c(OCCN(C)C)cc32)cc1Cl. The molecule has 1 atom stereocenters. The van der Waals surface area contributed by atoms with E-state index in [4.69, 9.17) is 30.5 Å². The highest BCUT2D eigenvalue weighted by atomic mass is 35.5. The molecule has 1 unspecified atom stereocenters. The minimum atomic E-state index is -0.0702. The smallest absolute Gasteiger partial charge is 0.161 e. The Balaban J connectivity index is 2.02. The van der Waals surface area contributed by atoms with E-state index in [0.29, 0.717) is 17.4 Å². The Morgan fingerprint density at radius 1 is 0.931 bits per heavy atom. The van der Waals surface area contributed by atoms with E-state index in [0.717, 1.165) is 47.9 Å². The molecule has 0 saturated carbocycles. The molecule has 0 fully saturated rings. The van der Waals surface area contributed by atoms with Gasteiger partial charge in [-0.2, -0.15) is 0 Å². The average molecular weight is 421 g/mol. The van der Waals surface area contributed by atoms with Crippen molar-refractivity contribution in [3.63, 3.8) is 0 Å². The lowest BCUT2D eigenvalue weighted by Crippen LogP contribution is -2.31. The summed E-state index contributed by atoms with van der Waals surface area (Å²) in [4.78, 5) is 2.08. The van der Waals surface area contributed by atoms with Crippen LogP contribution in [0.5, 0.6) is 23.0 Å². The van der Waals surface area contributed by atoms with Crippen molar-refractivity contribution in [2.45, 2.75) is 12.5 Å². The molecule has 0 spiro atoms. The van der Waals surface area contributed by atoms with E-state index < -0.39 is 0 Å². The monoisotopic (exact) mass is 420 g/mol. The molecule has 2 aromatic carbocycles. The van der Waals surface area contributed by atoms with E-state index in [-0.39, 0.29) is 6.04 Å². The van der Waals surface area contributed by atoms with Gasteiger partial charge < -0.3 is 29.2 Å².